The summed E-state index contributed by atoms with van der Waals surface area (Å²) in [6.07, 6.45) is 1.02. The molecule has 2 atom stereocenters. The van der Waals surface area contributed by atoms with Crippen LogP contribution in [-0.2, 0) is 0 Å². The Labute approximate surface area is 101 Å². The summed E-state index contributed by atoms with van der Waals surface area (Å²) in [5.74, 6) is 0.434. The van der Waals surface area contributed by atoms with Crippen molar-refractivity contribution in [2.75, 3.05) is 19.6 Å². The third-order valence-electron chi connectivity index (χ3n) is 3.99. The van der Waals surface area contributed by atoms with Crippen molar-refractivity contribution in [2.24, 2.45) is 5.73 Å². The molecule has 2 aliphatic rings. The number of nitrogens with one attached hydrogen (secondary N) is 1. The number of urea groups is 1. The minimum absolute atomic E-state index is 0.0641. The molecule has 17 heavy (non-hydrogen) atoms. The van der Waals surface area contributed by atoms with E-state index in [1.54, 1.807) is 0 Å². The van der Waals surface area contributed by atoms with E-state index < -0.39 is 0 Å². The molecule has 4 nitrogen and oxygen atoms in total. The number of carbonyl (C=O) groups is 1. The minimum Gasteiger partial charge on any atom is -0.351 e. The number of rotatable bonds is 1. The normalized spacial score (nSPS) is 31.5. The van der Waals surface area contributed by atoms with E-state index in [9.17, 15) is 4.79 Å². The third kappa shape index (κ3) is 1.60. The largest absolute Gasteiger partial charge is 0.351 e. The van der Waals surface area contributed by atoms with Crippen LogP contribution in [0.5, 0.6) is 0 Å². The fourth-order valence-electron chi connectivity index (χ4n) is 3.05. The number of hydrogen-bond donors (Lipinski definition) is 2. The van der Waals surface area contributed by atoms with Crippen LogP contribution >= 0.6 is 0 Å². The second-order valence-corrected chi connectivity index (χ2v) is 4.94. The molecular formula is C13H17N3O. The van der Waals surface area contributed by atoms with Crippen molar-refractivity contribution in [1.29, 1.82) is 0 Å². The Morgan fingerprint density at radius 1 is 1.41 bits per heavy atom. The average Bonchev–Trinajstić information content (AvgIpc) is 3.05. The summed E-state index contributed by atoms with van der Waals surface area (Å²) in [5, 5.41) is 3.37. The van der Waals surface area contributed by atoms with Gasteiger partial charge < -0.3 is 16.0 Å². The summed E-state index contributed by atoms with van der Waals surface area (Å²) in [4.78, 5) is 13.4. The maximum Gasteiger partial charge on any atom is 0.315 e. The van der Waals surface area contributed by atoms with Crippen LogP contribution in [0.25, 0.3) is 0 Å². The smallest absolute Gasteiger partial charge is 0.315 e. The van der Waals surface area contributed by atoms with Gasteiger partial charge in [0, 0.05) is 25.6 Å². The summed E-state index contributed by atoms with van der Waals surface area (Å²) in [7, 11) is 0. The molecule has 1 saturated heterocycles. The van der Waals surface area contributed by atoms with E-state index in [1.165, 1.54) is 5.56 Å². The molecule has 1 aromatic carbocycles. The SMILES string of the molecule is NC(=O)N1CCNCC12CC2c1ccccc1. The Kier molecular flexibility index (Phi) is 2.33. The molecule has 90 valence electrons. The maximum absolute atomic E-state index is 11.5. The Balaban J connectivity index is 1.86. The molecule has 2 fully saturated rings. The minimum atomic E-state index is -0.287. The molecule has 1 spiro atoms. The molecule has 1 aromatic rings. The van der Waals surface area contributed by atoms with Crippen LogP contribution in [0.2, 0.25) is 0 Å². The van der Waals surface area contributed by atoms with Crippen molar-refractivity contribution >= 4 is 6.03 Å². The van der Waals surface area contributed by atoms with Crippen LogP contribution in [0.15, 0.2) is 30.3 Å². The van der Waals surface area contributed by atoms with Crippen molar-refractivity contribution in [3.8, 4) is 0 Å². The number of carbonyl (C=O) groups excluding carboxylic acids is 1. The van der Waals surface area contributed by atoms with Gasteiger partial charge in [0.2, 0.25) is 0 Å². The Bertz CT molecular complexity index is 434. The van der Waals surface area contributed by atoms with Crippen molar-refractivity contribution in [3.05, 3.63) is 35.9 Å². The second-order valence-electron chi connectivity index (χ2n) is 4.94. The number of hydrogen-bond acceptors (Lipinski definition) is 2. The van der Waals surface area contributed by atoms with Crippen molar-refractivity contribution < 1.29 is 4.79 Å². The van der Waals surface area contributed by atoms with Gasteiger partial charge in [-0.1, -0.05) is 30.3 Å². The predicted molar refractivity (Wildman–Crippen MR) is 65.7 cm³/mol. The first-order valence-electron chi connectivity index (χ1n) is 6.07. The van der Waals surface area contributed by atoms with E-state index in [0.29, 0.717) is 5.92 Å². The molecule has 1 heterocycles. The van der Waals surface area contributed by atoms with Crippen LogP contribution in [0.1, 0.15) is 17.9 Å². The maximum atomic E-state index is 11.5. The summed E-state index contributed by atoms with van der Waals surface area (Å²) in [6.45, 7) is 2.42. The summed E-state index contributed by atoms with van der Waals surface area (Å²) >= 11 is 0. The summed E-state index contributed by atoms with van der Waals surface area (Å²) < 4.78 is 0. The Hall–Kier alpha value is -1.55. The van der Waals surface area contributed by atoms with E-state index in [4.69, 9.17) is 5.73 Å². The highest BCUT2D eigenvalue weighted by Gasteiger charge is 2.60. The number of benzene rings is 1. The van der Waals surface area contributed by atoms with E-state index in [0.717, 1.165) is 26.1 Å². The topological polar surface area (TPSA) is 58.4 Å². The molecule has 3 N–H and O–H groups in total. The van der Waals surface area contributed by atoms with Gasteiger partial charge in [0.25, 0.3) is 0 Å². The Morgan fingerprint density at radius 3 is 2.88 bits per heavy atom. The van der Waals surface area contributed by atoms with Crippen molar-refractivity contribution in [1.82, 2.24) is 10.2 Å². The van der Waals surface area contributed by atoms with E-state index >= 15 is 0 Å². The molecule has 0 radical (unpaired) electrons. The molecule has 1 aliphatic carbocycles. The zero-order valence-corrected chi connectivity index (χ0v) is 9.73. The van der Waals surface area contributed by atoms with Gasteiger partial charge in [0.15, 0.2) is 0 Å². The highest BCUT2D eigenvalue weighted by atomic mass is 16.2. The molecular weight excluding hydrogens is 214 g/mol. The molecule has 1 aliphatic heterocycles. The fourth-order valence-corrected chi connectivity index (χ4v) is 3.05. The number of nitrogens with zero attached hydrogens (tertiary/aromatic N) is 1. The molecule has 4 heteroatoms. The van der Waals surface area contributed by atoms with Crippen LogP contribution in [0.4, 0.5) is 4.79 Å². The van der Waals surface area contributed by atoms with Crippen molar-refractivity contribution in [2.45, 2.75) is 17.9 Å². The zero-order chi connectivity index (χ0) is 11.9. The fraction of sp³-hybridized carbons (Fsp3) is 0.462. The number of piperazine rings is 1. The van der Waals surface area contributed by atoms with Gasteiger partial charge >= 0.3 is 6.03 Å². The van der Waals surface area contributed by atoms with Crippen LogP contribution in [0, 0.1) is 0 Å². The molecule has 2 unspecified atom stereocenters. The van der Waals surface area contributed by atoms with Gasteiger partial charge in [-0.15, -0.1) is 0 Å². The highest BCUT2D eigenvalue weighted by Crippen LogP contribution is 2.55. The lowest BCUT2D eigenvalue weighted by Crippen LogP contribution is -2.57. The lowest BCUT2D eigenvalue weighted by atomic mass is 10.0. The second kappa shape index (κ2) is 3.74. The van der Waals surface area contributed by atoms with Crippen LogP contribution in [0.3, 0.4) is 0 Å². The molecule has 0 aromatic heterocycles. The summed E-state index contributed by atoms with van der Waals surface area (Å²) in [5.41, 5.74) is 6.73. The summed E-state index contributed by atoms with van der Waals surface area (Å²) in [6, 6.07) is 10.1. The number of nitrogens with two attached hydrogens (primary N) is 1. The highest BCUT2D eigenvalue weighted by molar-refractivity contribution is 5.74. The van der Waals surface area contributed by atoms with Crippen LogP contribution in [-0.4, -0.2) is 36.1 Å². The Morgan fingerprint density at radius 2 is 2.18 bits per heavy atom. The quantitative estimate of drug-likeness (QED) is 0.754. The van der Waals surface area contributed by atoms with Gasteiger partial charge in [0.1, 0.15) is 0 Å². The van der Waals surface area contributed by atoms with Gasteiger partial charge in [-0.2, -0.15) is 0 Å². The zero-order valence-electron chi connectivity index (χ0n) is 9.73. The van der Waals surface area contributed by atoms with Gasteiger partial charge in [0.05, 0.1) is 5.54 Å². The first-order valence-corrected chi connectivity index (χ1v) is 6.07. The average molecular weight is 231 g/mol. The lowest BCUT2D eigenvalue weighted by molar-refractivity contribution is 0.153. The predicted octanol–water partition coefficient (Wildman–Crippen LogP) is 0.897. The first-order chi connectivity index (χ1) is 8.24. The van der Waals surface area contributed by atoms with Crippen LogP contribution < -0.4 is 11.1 Å². The monoisotopic (exact) mass is 231 g/mol. The molecule has 3 rings (SSSR count). The molecule has 0 bridgehead atoms. The number of amides is 2. The van der Waals surface area contributed by atoms with E-state index in [1.807, 2.05) is 23.1 Å². The van der Waals surface area contributed by atoms with Crippen molar-refractivity contribution in [3.63, 3.8) is 0 Å². The van der Waals surface area contributed by atoms with Gasteiger partial charge in [-0.3, -0.25) is 0 Å². The molecule has 1 saturated carbocycles. The van der Waals surface area contributed by atoms with E-state index in [2.05, 4.69) is 17.4 Å². The van der Waals surface area contributed by atoms with Gasteiger partial charge in [-0.25, -0.2) is 4.79 Å². The first kappa shape index (κ1) is 10.6. The molecule has 2 amide bonds. The van der Waals surface area contributed by atoms with Gasteiger partial charge in [-0.05, 0) is 12.0 Å². The standard InChI is InChI=1S/C13H17N3O/c14-12(17)16-7-6-15-9-13(16)8-11(13)10-4-2-1-3-5-10/h1-5,11,15H,6-9H2,(H2,14,17). The number of primary amides is 1. The third-order valence-corrected chi connectivity index (χ3v) is 3.99. The lowest BCUT2D eigenvalue weighted by Gasteiger charge is -2.36. The van der Waals surface area contributed by atoms with E-state index in [-0.39, 0.29) is 11.6 Å².